The van der Waals surface area contributed by atoms with Crippen LogP contribution in [0.15, 0.2) is 48.7 Å². The van der Waals surface area contributed by atoms with Crippen LogP contribution in [-0.2, 0) is 0 Å². The van der Waals surface area contributed by atoms with Crippen molar-refractivity contribution in [2.75, 3.05) is 30.8 Å². The molecule has 0 aliphatic carbocycles. The van der Waals surface area contributed by atoms with Gasteiger partial charge in [-0.1, -0.05) is 23.7 Å². The third kappa shape index (κ3) is 4.51. The second kappa shape index (κ2) is 8.88. The van der Waals surface area contributed by atoms with Gasteiger partial charge in [-0.25, -0.2) is 4.98 Å². The highest BCUT2D eigenvalue weighted by atomic mass is 35.5. The van der Waals surface area contributed by atoms with Crippen LogP contribution >= 0.6 is 11.6 Å². The highest BCUT2D eigenvalue weighted by Crippen LogP contribution is 2.29. The molecule has 4 N–H and O–H groups in total. The molecule has 0 saturated carbocycles. The van der Waals surface area contributed by atoms with Crippen LogP contribution in [0, 0.1) is 0 Å². The van der Waals surface area contributed by atoms with E-state index in [0.29, 0.717) is 52.2 Å². The minimum Gasteiger partial charge on any atom is -0.491 e. The topological polar surface area (TPSA) is 117 Å². The predicted octanol–water partition coefficient (Wildman–Crippen LogP) is 3.10. The van der Waals surface area contributed by atoms with Crippen LogP contribution < -0.4 is 26.0 Å². The van der Waals surface area contributed by atoms with Crippen LogP contribution in [0.4, 0.5) is 23.1 Å². The van der Waals surface area contributed by atoms with Crippen LogP contribution in [0.25, 0.3) is 0 Å². The number of rotatable bonds is 5. The Hall–Kier alpha value is -3.85. The third-order valence-electron chi connectivity index (χ3n) is 4.52. The van der Waals surface area contributed by atoms with Crippen molar-refractivity contribution >= 4 is 46.6 Å². The van der Waals surface area contributed by atoms with Crippen molar-refractivity contribution in [1.29, 1.82) is 0 Å². The Kier molecular flexibility index (Phi) is 5.85. The summed E-state index contributed by atoms with van der Waals surface area (Å²) < 4.78 is 5.63. The number of fused-ring (bicyclic) bond motifs is 1. The van der Waals surface area contributed by atoms with Gasteiger partial charge in [-0.15, -0.1) is 0 Å². The first kappa shape index (κ1) is 20.4. The number of hydrogen-bond acceptors (Lipinski definition) is 7. The average Bonchev–Trinajstić information content (AvgIpc) is 2.97. The van der Waals surface area contributed by atoms with E-state index in [9.17, 15) is 9.59 Å². The van der Waals surface area contributed by atoms with Crippen molar-refractivity contribution < 1.29 is 14.3 Å². The zero-order valence-corrected chi connectivity index (χ0v) is 17.3. The maximum Gasteiger partial charge on any atom is 0.255 e. The van der Waals surface area contributed by atoms with Crippen LogP contribution in [0.3, 0.4) is 0 Å². The summed E-state index contributed by atoms with van der Waals surface area (Å²) in [5.74, 6) is 0.679. The van der Waals surface area contributed by atoms with Gasteiger partial charge in [0.2, 0.25) is 5.95 Å². The molecule has 2 heterocycles. The Balaban J connectivity index is 1.59. The van der Waals surface area contributed by atoms with E-state index < -0.39 is 0 Å². The van der Waals surface area contributed by atoms with E-state index in [-0.39, 0.29) is 17.8 Å². The number of anilines is 4. The fraction of sp³-hybridized carbons (Fsp3) is 0.143. The van der Waals surface area contributed by atoms with Gasteiger partial charge in [-0.3, -0.25) is 9.59 Å². The number of amides is 2. The Bertz CT molecular complexity index is 1150. The van der Waals surface area contributed by atoms with Gasteiger partial charge in [-0.05, 0) is 24.3 Å². The summed E-state index contributed by atoms with van der Waals surface area (Å²) >= 11 is 6.26. The van der Waals surface area contributed by atoms with E-state index in [1.807, 2.05) is 0 Å². The lowest BCUT2D eigenvalue weighted by Crippen LogP contribution is -2.24. The lowest BCUT2D eigenvalue weighted by Gasteiger charge is -2.13. The van der Waals surface area contributed by atoms with Crippen molar-refractivity contribution in [2.24, 2.45) is 0 Å². The Morgan fingerprint density at radius 3 is 2.87 bits per heavy atom. The highest BCUT2D eigenvalue weighted by Gasteiger charge is 2.17. The standard InChI is InChI=1S/C21H19ClN6O3/c1-23-19(29)13-4-2-3-5-16(13)27-18-15(22)11-25-21(28-18)26-12-6-7-14-17(10-12)31-9-8-24-20(14)30/h2-7,10-11H,8-9H2,1H3,(H,23,29)(H,24,30)(H2,25,26,27,28). The molecule has 0 bridgehead atoms. The van der Waals surface area contributed by atoms with Crippen LogP contribution in [0.1, 0.15) is 20.7 Å². The number of carbonyl (C=O) groups excluding carboxylic acids is 2. The average molecular weight is 439 g/mol. The minimum absolute atomic E-state index is 0.178. The molecule has 9 nitrogen and oxygen atoms in total. The van der Waals surface area contributed by atoms with Gasteiger partial charge in [0.15, 0.2) is 5.82 Å². The zero-order valence-electron chi connectivity index (χ0n) is 16.5. The van der Waals surface area contributed by atoms with E-state index in [1.54, 1.807) is 49.5 Å². The number of ether oxygens (including phenoxy) is 1. The molecule has 2 aromatic carbocycles. The number of hydrogen-bond donors (Lipinski definition) is 4. The number of carbonyl (C=O) groups is 2. The number of benzene rings is 2. The predicted molar refractivity (Wildman–Crippen MR) is 118 cm³/mol. The molecule has 3 aromatic rings. The maximum absolute atomic E-state index is 12.1. The van der Waals surface area contributed by atoms with Crippen molar-refractivity contribution in [3.8, 4) is 5.75 Å². The summed E-state index contributed by atoms with van der Waals surface area (Å²) in [6.45, 7) is 0.835. The molecule has 0 spiro atoms. The van der Waals surface area contributed by atoms with Gasteiger partial charge in [0.25, 0.3) is 11.8 Å². The lowest BCUT2D eigenvalue weighted by atomic mass is 10.1. The number of nitrogens with zero attached hydrogens (tertiary/aromatic N) is 2. The van der Waals surface area contributed by atoms with Gasteiger partial charge in [-0.2, -0.15) is 4.98 Å². The van der Waals surface area contributed by atoms with Crippen LogP contribution in [0.2, 0.25) is 5.02 Å². The van der Waals surface area contributed by atoms with Crippen LogP contribution in [-0.4, -0.2) is 42.0 Å². The molecule has 0 fully saturated rings. The van der Waals surface area contributed by atoms with Crippen molar-refractivity contribution in [2.45, 2.75) is 0 Å². The van der Waals surface area contributed by atoms with E-state index in [4.69, 9.17) is 16.3 Å². The molecule has 31 heavy (non-hydrogen) atoms. The summed E-state index contributed by atoms with van der Waals surface area (Å²) in [5, 5.41) is 11.8. The van der Waals surface area contributed by atoms with Gasteiger partial charge in [0, 0.05) is 18.8 Å². The van der Waals surface area contributed by atoms with Gasteiger partial charge < -0.3 is 26.0 Å². The summed E-state index contributed by atoms with van der Waals surface area (Å²) in [6.07, 6.45) is 1.45. The van der Waals surface area contributed by atoms with Crippen LogP contribution in [0.5, 0.6) is 5.75 Å². The van der Waals surface area contributed by atoms with E-state index in [2.05, 4.69) is 31.2 Å². The molecule has 0 atom stereocenters. The molecule has 1 aliphatic heterocycles. The molecule has 4 rings (SSSR count). The number of para-hydroxylation sites is 1. The van der Waals surface area contributed by atoms with Crippen molar-refractivity contribution in [3.63, 3.8) is 0 Å². The second-order valence-corrected chi connectivity index (χ2v) is 6.99. The Morgan fingerprint density at radius 2 is 2.03 bits per heavy atom. The fourth-order valence-electron chi connectivity index (χ4n) is 3.02. The number of nitrogens with one attached hydrogen (secondary N) is 4. The molecule has 0 saturated heterocycles. The maximum atomic E-state index is 12.1. The normalized spacial score (nSPS) is 12.6. The van der Waals surface area contributed by atoms with Gasteiger partial charge in [0.05, 0.1) is 29.6 Å². The number of halogens is 1. The van der Waals surface area contributed by atoms with E-state index in [1.165, 1.54) is 6.20 Å². The minimum atomic E-state index is -0.236. The Morgan fingerprint density at radius 1 is 1.19 bits per heavy atom. The first-order valence-corrected chi connectivity index (χ1v) is 9.85. The molecular weight excluding hydrogens is 420 g/mol. The van der Waals surface area contributed by atoms with Crippen molar-refractivity contribution in [3.05, 3.63) is 64.8 Å². The molecule has 0 radical (unpaired) electrons. The SMILES string of the molecule is CNC(=O)c1ccccc1Nc1nc(Nc2ccc3c(c2)OCCNC3=O)ncc1Cl. The van der Waals surface area contributed by atoms with E-state index in [0.717, 1.165) is 0 Å². The van der Waals surface area contributed by atoms with Crippen molar-refractivity contribution in [1.82, 2.24) is 20.6 Å². The summed E-state index contributed by atoms with van der Waals surface area (Å²) in [4.78, 5) is 32.8. The fourth-order valence-corrected chi connectivity index (χ4v) is 3.16. The molecule has 2 amide bonds. The van der Waals surface area contributed by atoms with E-state index >= 15 is 0 Å². The highest BCUT2D eigenvalue weighted by molar-refractivity contribution is 6.33. The quantitative estimate of drug-likeness (QED) is 0.483. The molecule has 158 valence electrons. The van der Waals surface area contributed by atoms with Gasteiger partial charge in [0.1, 0.15) is 17.4 Å². The summed E-state index contributed by atoms with van der Waals surface area (Å²) in [7, 11) is 1.56. The third-order valence-corrected chi connectivity index (χ3v) is 4.80. The molecule has 10 heteroatoms. The summed E-state index contributed by atoms with van der Waals surface area (Å²) in [5.41, 5.74) is 2.12. The first-order valence-electron chi connectivity index (χ1n) is 9.48. The smallest absolute Gasteiger partial charge is 0.255 e. The zero-order chi connectivity index (χ0) is 21.8. The molecule has 0 unspecified atom stereocenters. The largest absolute Gasteiger partial charge is 0.491 e. The summed E-state index contributed by atoms with van der Waals surface area (Å²) in [6, 6.07) is 12.1. The molecular formula is C21H19ClN6O3. The molecule has 1 aliphatic rings. The number of aromatic nitrogens is 2. The van der Waals surface area contributed by atoms with Gasteiger partial charge >= 0.3 is 0 Å². The molecule has 1 aromatic heterocycles. The second-order valence-electron chi connectivity index (χ2n) is 6.58. The Labute approximate surface area is 183 Å². The first-order chi connectivity index (χ1) is 15.0. The monoisotopic (exact) mass is 438 g/mol. The lowest BCUT2D eigenvalue weighted by molar-refractivity contribution is 0.0951.